The van der Waals surface area contributed by atoms with Crippen LogP contribution in [0.25, 0.3) is 0 Å². The second kappa shape index (κ2) is 3.87. The number of nitrogens with zero attached hydrogens (tertiary/aromatic N) is 1. The number of rotatable bonds is 2. The molecule has 0 radical (unpaired) electrons. The quantitative estimate of drug-likeness (QED) is 0.821. The number of carboxylic acid groups (broad SMARTS) is 1. The lowest BCUT2D eigenvalue weighted by Crippen LogP contribution is -2.55. The first-order chi connectivity index (χ1) is 8.21. The Labute approximate surface area is 107 Å². The Bertz CT molecular complexity index is 387. The van der Waals surface area contributed by atoms with E-state index in [0.717, 1.165) is 6.42 Å². The Morgan fingerprint density at radius 2 is 2.06 bits per heavy atom. The van der Waals surface area contributed by atoms with Gasteiger partial charge in [0, 0.05) is 6.04 Å². The third-order valence-electron chi connectivity index (χ3n) is 3.85. The van der Waals surface area contributed by atoms with Gasteiger partial charge in [-0.2, -0.15) is 0 Å². The molecule has 1 aliphatic carbocycles. The van der Waals surface area contributed by atoms with Gasteiger partial charge in [-0.05, 0) is 46.0 Å². The molecular formula is C13H21NO4. The first-order valence-electron chi connectivity index (χ1n) is 6.47. The van der Waals surface area contributed by atoms with Crippen LogP contribution < -0.4 is 0 Å². The molecule has 2 fully saturated rings. The summed E-state index contributed by atoms with van der Waals surface area (Å²) in [4.78, 5) is 25.2. The molecule has 1 heterocycles. The van der Waals surface area contributed by atoms with Crippen LogP contribution in [-0.2, 0) is 9.53 Å². The number of ether oxygens (including phenoxy) is 1. The summed E-state index contributed by atoms with van der Waals surface area (Å²) in [6.07, 6.45) is 1.41. The van der Waals surface area contributed by atoms with Crippen molar-refractivity contribution in [1.82, 2.24) is 4.90 Å². The highest BCUT2D eigenvalue weighted by atomic mass is 16.6. The fraction of sp³-hybridized carbons (Fsp3) is 0.846. The average molecular weight is 255 g/mol. The van der Waals surface area contributed by atoms with Gasteiger partial charge in [0.25, 0.3) is 0 Å². The maximum atomic E-state index is 12.2. The van der Waals surface area contributed by atoms with Gasteiger partial charge in [-0.15, -0.1) is 0 Å². The molecule has 2 aliphatic rings. The van der Waals surface area contributed by atoms with Crippen LogP contribution in [0.5, 0.6) is 0 Å². The van der Waals surface area contributed by atoms with Gasteiger partial charge < -0.3 is 9.84 Å². The number of hydrogen-bond donors (Lipinski definition) is 1. The summed E-state index contributed by atoms with van der Waals surface area (Å²) in [7, 11) is 0. The van der Waals surface area contributed by atoms with E-state index in [-0.39, 0.29) is 6.04 Å². The van der Waals surface area contributed by atoms with E-state index in [1.807, 2.05) is 6.92 Å². The van der Waals surface area contributed by atoms with Crippen LogP contribution in [0.15, 0.2) is 0 Å². The fourth-order valence-corrected chi connectivity index (χ4v) is 2.89. The number of carbonyl (C=O) groups excluding carboxylic acids is 1. The van der Waals surface area contributed by atoms with Crippen molar-refractivity contribution in [2.24, 2.45) is 5.92 Å². The number of piperidine rings is 1. The summed E-state index contributed by atoms with van der Waals surface area (Å²) < 4.78 is 5.35. The zero-order valence-corrected chi connectivity index (χ0v) is 11.4. The Morgan fingerprint density at radius 3 is 2.50 bits per heavy atom. The largest absolute Gasteiger partial charge is 0.479 e. The lowest BCUT2D eigenvalue weighted by atomic mass is 9.91. The van der Waals surface area contributed by atoms with E-state index in [1.165, 1.54) is 4.90 Å². The summed E-state index contributed by atoms with van der Waals surface area (Å²) in [5, 5.41) is 9.47. The molecule has 5 nitrogen and oxygen atoms in total. The molecule has 0 aromatic heterocycles. The first-order valence-corrected chi connectivity index (χ1v) is 6.47. The van der Waals surface area contributed by atoms with Crippen molar-refractivity contribution >= 4 is 12.1 Å². The normalized spacial score (nSPS) is 34.1. The molecular weight excluding hydrogens is 234 g/mol. The van der Waals surface area contributed by atoms with Gasteiger partial charge in [-0.25, -0.2) is 9.59 Å². The number of carboxylic acids is 1. The minimum absolute atomic E-state index is 0.0656. The number of fused-ring (bicyclic) bond motifs is 1. The molecule has 1 aliphatic heterocycles. The van der Waals surface area contributed by atoms with Crippen LogP contribution in [0, 0.1) is 5.92 Å². The van der Waals surface area contributed by atoms with Gasteiger partial charge in [-0.3, -0.25) is 4.90 Å². The topological polar surface area (TPSA) is 66.8 Å². The molecule has 0 unspecified atom stereocenters. The first kappa shape index (κ1) is 13.2. The van der Waals surface area contributed by atoms with E-state index in [1.54, 1.807) is 20.8 Å². The van der Waals surface area contributed by atoms with Gasteiger partial charge in [0.05, 0.1) is 0 Å². The van der Waals surface area contributed by atoms with Crippen LogP contribution in [0.4, 0.5) is 4.79 Å². The summed E-state index contributed by atoms with van der Waals surface area (Å²) in [6.45, 7) is 7.19. The smallest absolute Gasteiger partial charge is 0.411 e. The summed E-state index contributed by atoms with van der Waals surface area (Å²) >= 11 is 0. The Morgan fingerprint density at radius 1 is 1.44 bits per heavy atom. The van der Waals surface area contributed by atoms with Gasteiger partial charge in [0.2, 0.25) is 0 Å². The molecule has 1 saturated carbocycles. The molecule has 1 N–H and O–H groups in total. The van der Waals surface area contributed by atoms with Crippen molar-refractivity contribution in [1.29, 1.82) is 0 Å². The monoisotopic (exact) mass is 255 g/mol. The minimum Gasteiger partial charge on any atom is -0.479 e. The van der Waals surface area contributed by atoms with Crippen molar-refractivity contribution < 1.29 is 19.4 Å². The predicted molar refractivity (Wildman–Crippen MR) is 65.2 cm³/mol. The highest BCUT2D eigenvalue weighted by molar-refractivity contribution is 5.86. The molecule has 5 heteroatoms. The Balaban J connectivity index is 2.23. The van der Waals surface area contributed by atoms with Gasteiger partial charge in [-0.1, -0.05) is 6.92 Å². The lowest BCUT2D eigenvalue weighted by Gasteiger charge is -2.37. The molecule has 0 bridgehead atoms. The number of carbonyl (C=O) groups is 2. The van der Waals surface area contributed by atoms with Crippen LogP contribution in [0.3, 0.4) is 0 Å². The zero-order chi connectivity index (χ0) is 13.7. The highest BCUT2D eigenvalue weighted by Gasteiger charge is 2.65. The van der Waals surface area contributed by atoms with Gasteiger partial charge in [0.1, 0.15) is 11.1 Å². The van der Waals surface area contributed by atoms with Crippen molar-refractivity contribution in [2.45, 2.75) is 64.1 Å². The van der Waals surface area contributed by atoms with Crippen molar-refractivity contribution in [3.63, 3.8) is 0 Å². The summed E-state index contributed by atoms with van der Waals surface area (Å²) in [5.41, 5.74) is -1.65. The fourth-order valence-electron chi connectivity index (χ4n) is 2.89. The number of aliphatic carboxylic acids is 1. The molecule has 0 aromatic carbocycles. The van der Waals surface area contributed by atoms with Gasteiger partial charge >= 0.3 is 12.1 Å². The van der Waals surface area contributed by atoms with E-state index in [9.17, 15) is 14.7 Å². The zero-order valence-electron chi connectivity index (χ0n) is 11.4. The number of hydrogen-bond acceptors (Lipinski definition) is 3. The molecule has 1 saturated heterocycles. The molecule has 2 rings (SSSR count). The molecule has 18 heavy (non-hydrogen) atoms. The molecule has 102 valence electrons. The maximum Gasteiger partial charge on any atom is 0.411 e. The standard InChI is InChI=1S/C13H21NO4/c1-5-13(10(15)16)7-8-6-9(8)14(13)11(17)18-12(2,3)4/h8-9H,5-7H2,1-4H3,(H,15,16)/t8-,9-,13+/m0/s1. The van der Waals surface area contributed by atoms with Crippen LogP contribution in [-0.4, -0.2) is 39.3 Å². The van der Waals surface area contributed by atoms with E-state index in [0.29, 0.717) is 18.8 Å². The second-order valence-corrected chi connectivity index (χ2v) is 6.31. The third kappa shape index (κ3) is 1.95. The van der Waals surface area contributed by atoms with Crippen LogP contribution >= 0.6 is 0 Å². The minimum atomic E-state index is -1.06. The van der Waals surface area contributed by atoms with Crippen molar-refractivity contribution in [3.8, 4) is 0 Å². The highest BCUT2D eigenvalue weighted by Crippen LogP contribution is 2.54. The van der Waals surface area contributed by atoms with E-state index < -0.39 is 23.2 Å². The van der Waals surface area contributed by atoms with E-state index in [2.05, 4.69) is 0 Å². The molecule has 3 atom stereocenters. The average Bonchev–Trinajstić information content (AvgIpc) is 2.86. The summed E-state index contributed by atoms with van der Waals surface area (Å²) in [5.74, 6) is -0.573. The SMILES string of the molecule is CC[C@]1(C(=O)O)C[C@@H]2C[C@@H]2N1C(=O)OC(C)(C)C. The molecule has 0 spiro atoms. The molecule has 1 amide bonds. The molecule has 0 aromatic rings. The maximum absolute atomic E-state index is 12.2. The number of likely N-dealkylation sites (tertiary alicyclic amines) is 1. The van der Waals surface area contributed by atoms with E-state index >= 15 is 0 Å². The van der Waals surface area contributed by atoms with Crippen LogP contribution in [0.2, 0.25) is 0 Å². The van der Waals surface area contributed by atoms with Crippen LogP contribution in [0.1, 0.15) is 47.0 Å². The Hall–Kier alpha value is -1.26. The number of amides is 1. The lowest BCUT2D eigenvalue weighted by molar-refractivity contribution is -0.150. The van der Waals surface area contributed by atoms with Crippen molar-refractivity contribution in [3.05, 3.63) is 0 Å². The second-order valence-electron chi connectivity index (χ2n) is 6.31. The summed E-state index contributed by atoms with van der Waals surface area (Å²) in [6, 6.07) is 0.0656. The Kier molecular flexibility index (Phi) is 2.83. The van der Waals surface area contributed by atoms with E-state index in [4.69, 9.17) is 4.74 Å². The van der Waals surface area contributed by atoms with Gasteiger partial charge in [0.15, 0.2) is 0 Å². The predicted octanol–water partition coefficient (Wildman–Crippen LogP) is 2.25. The van der Waals surface area contributed by atoms with Crippen molar-refractivity contribution in [2.75, 3.05) is 0 Å². The third-order valence-corrected chi connectivity index (χ3v) is 3.85.